The Morgan fingerprint density at radius 1 is 1.07 bits per heavy atom. The molecule has 0 radical (unpaired) electrons. The molecular formula is C30H34F6N6O. The number of aryl methyl sites for hydroxylation is 1. The van der Waals surface area contributed by atoms with Crippen molar-refractivity contribution >= 4 is 22.4 Å². The summed E-state index contributed by atoms with van der Waals surface area (Å²) in [6, 6.07) is 1.80. The highest BCUT2D eigenvalue weighted by Gasteiger charge is 2.40. The smallest absolute Gasteiger partial charge is 0.417 e. The zero-order valence-corrected chi connectivity index (χ0v) is 24.2. The van der Waals surface area contributed by atoms with Crippen LogP contribution in [0.2, 0.25) is 0 Å². The van der Waals surface area contributed by atoms with Gasteiger partial charge in [0.1, 0.15) is 17.2 Å². The molecule has 3 atom stereocenters. The van der Waals surface area contributed by atoms with Crippen molar-refractivity contribution in [3.05, 3.63) is 40.7 Å². The lowest BCUT2D eigenvalue weighted by Gasteiger charge is -2.38. The van der Waals surface area contributed by atoms with Crippen LogP contribution in [0.1, 0.15) is 43.7 Å². The molecule has 3 aromatic rings. The van der Waals surface area contributed by atoms with Crippen molar-refractivity contribution < 1.29 is 31.1 Å². The zero-order chi connectivity index (χ0) is 30.8. The molecule has 43 heavy (non-hydrogen) atoms. The number of nitrogens with two attached hydrogens (primary N) is 1. The summed E-state index contributed by atoms with van der Waals surface area (Å²) < 4.78 is 96.1. The second-order valence-electron chi connectivity index (χ2n) is 12.6. The maximum atomic E-state index is 16.4. The highest BCUT2D eigenvalue weighted by atomic mass is 19.4. The average Bonchev–Trinajstić information content (AvgIpc) is 3.26. The van der Waals surface area contributed by atoms with Gasteiger partial charge in [0, 0.05) is 48.1 Å². The molecule has 3 aliphatic heterocycles. The van der Waals surface area contributed by atoms with Crippen LogP contribution in [0.4, 0.5) is 37.8 Å². The highest BCUT2D eigenvalue weighted by molar-refractivity contribution is 5.94. The minimum Gasteiger partial charge on any atom is -0.463 e. The van der Waals surface area contributed by atoms with Crippen LogP contribution in [0, 0.1) is 29.8 Å². The molecule has 3 saturated heterocycles. The summed E-state index contributed by atoms with van der Waals surface area (Å²) in [4.78, 5) is 12.9. The van der Waals surface area contributed by atoms with Crippen molar-refractivity contribution in [2.45, 2.75) is 57.8 Å². The van der Waals surface area contributed by atoms with E-state index >= 15 is 13.2 Å². The van der Waals surface area contributed by atoms with Crippen molar-refractivity contribution in [3.8, 4) is 17.1 Å². The summed E-state index contributed by atoms with van der Waals surface area (Å²) in [6.07, 6.45) is -1.40. The largest absolute Gasteiger partial charge is 0.463 e. The van der Waals surface area contributed by atoms with Crippen LogP contribution in [-0.2, 0) is 6.18 Å². The highest BCUT2D eigenvalue weighted by Crippen LogP contribution is 2.46. The maximum absolute atomic E-state index is 16.4. The van der Waals surface area contributed by atoms with Crippen LogP contribution in [0.3, 0.4) is 0 Å². The molecule has 7 nitrogen and oxygen atoms in total. The van der Waals surface area contributed by atoms with E-state index in [1.165, 1.54) is 0 Å². The van der Waals surface area contributed by atoms with Gasteiger partial charge < -0.3 is 25.6 Å². The summed E-state index contributed by atoms with van der Waals surface area (Å²) in [5, 5.41) is 3.45. The van der Waals surface area contributed by atoms with E-state index in [2.05, 4.69) is 27.1 Å². The van der Waals surface area contributed by atoms with Crippen molar-refractivity contribution in [2.75, 3.05) is 50.5 Å². The molecule has 0 aliphatic carbocycles. The van der Waals surface area contributed by atoms with Gasteiger partial charge in [-0.25, -0.2) is 13.2 Å². The number of hydrogen-bond donors (Lipinski definition) is 2. The molecule has 232 valence electrons. The van der Waals surface area contributed by atoms with E-state index in [0.717, 1.165) is 57.8 Å². The zero-order valence-electron chi connectivity index (χ0n) is 24.2. The number of rotatable bonds is 5. The predicted molar refractivity (Wildman–Crippen MR) is 151 cm³/mol. The Labute approximate surface area is 245 Å². The Balaban J connectivity index is 1.53. The lowest BCUT2D eigenvalue weighted by Crippen LogP contribution is -2.51. The van der Waals surface area contributed by atoms with E-state index in [4.69, 9.17) is 10.5 Å². The molecular weight excluding hydrogens is 574 g/mol. The van der Waals surface area contributed by atoms with Gasteiger partial charge in [-0.15, -0.1) is 0 Å². The van der Waals surface area contributed by atoms with Gasteiger partial charge in [0.2, 0.25) is 0 Å². The van der Waals surface area contributed by atoms with Crippen molar-refractivity contribution in [3.63, 3.8) is 0 Å². The van der Waals surface area contributed by atoms with Crippen molar-refractivity contribution in [1.82, 2.24) is 20.2 Å². The van der Waals surface area contributed by atoms with E-state index in [9.17, 15) is 13.2 Å². The van der Waals surface area contributed by atoms with Crippen molar-refractivity contribution in [1.29, 1.82) is 0 Å². The third-order valence-electron chi connectivity index (χ3n) is 8.90. The van der Waals surface area contributed by atoms with E-state index in [1.807, 2.05) is 11.9 Å². The minimum absolute atomic E-state index is 0.0365. The number of hydrogen-bond acceptors (Lipinski definition) is 7. The van der Waals surface area contributed by atoms with Crippen LogP contribution >= 0.6 is 0 Å². The molecule has 2 bridgehead atoms. The molecule has 0 saturated carbocycles. The van der Waals surface area contributed by atoms with E-state index in [0.29, 0.717) is 13.1 Å². The third kappa shape index (κ3) is 5.45. The van der Waals surface area contributed by atoms with Crippen LogP contribution in [0.15, 0.2) is 12.1 Å². The van der Waals surface area contributed by atoms with E-state index in [-0.39, 0.29) is 41.3 Å². The standard InChI is InChI=1S/C30H34F6N6O/c1-15-9-20(37)24(32)22(23(15)30(34,35)36)21-19(31)10-18-26(25(21)33)39-28(43-14-29(2)7-4-8-41(3)13-29)40-27(18)42-11-16-5-6-17(12-42)38-16/h9-10,16-17,38H,4-8,11-14,37H2,1-3H3/t16-,17+,29-/m0/s1. The molecule has 0 spiro atoms. The molecule has 3 aliphatic rings. The molecule has 13 heteroatoms. The number of benzene rings is 2. The molecule has 6 rings (SSSR count). The third-order valence-corrected chi connectivity index (χ3v) is 8.90. The molecule has 2 aromatic carbocycles. The maximum Gasteiger partial charge on any atom is 0.417 e. The molecule has 0 amide bonds. The van der Waals surface area contributed by atoms with Crippen LogP contribution in [0.5, 0.6) is 6.01 Å². The first-order valence-corrected chi connectivity index (χ1v) is 14.4. The van der Waals surface area contributed by atoms with E-state index in [1.54, 1.807) is 0 Å². The van der Waals surface area contributed by atoms with Gasteiger partial charge in [0.15, 0.2) is 11.6 Å². The van der Waals surface area contributed by atoms with Gasteiger partial charge in [-0.3, -0.25) is 0 Å². The monoisotopic (exact) mass is 608 g/mol. The second-order valence-corrected chi connectivity index (χ2v) is 12.6. The fraction of sp³-hybridized carbons (Fsp3) is 0.533. The van der Waals surface area contributed by atoms with Gasteiger partial charge in [-0.05, 0) is 63.9 Å². The predicted octanol–water partition coefficient (Wildman–Crippen LogP) is 5.67. The Morgan fingerprint density at radius 3 is 2.42 bits per heavy atom. The normalized spacial score (nSPS) is 24.6. The first-order chi connectivity index (χ1) is 20.2. The topological polar surface area (TPSA) is 79.5 Å². The number of likely N-dealkylation sites (tertiary alicyclic amines) is 1. The van der Waals surface area contributed by atoms with Crippen molar-refractivity contribution in [2.24, 2.45) is 5.41 Å². The number of anilines is 2. The van der Waals surface area contributed by atoms with Crippen LogP contribution < -0.4 is 20.7 Å². The Bertz CT molecular complexity index is 1570. The summed E-state index contributed by atoms with van der Waals surface area (Å²) in [5.74, 6) is -4.17. The fourth-order valence-electron chi connectivity index (χ4n) is 7.03. The number of ether oxygens (including phenoxy) is 1. The molecule has 1 aromatic heterocycles. The number of piperazine rings is 1. The number of nitrogens with one attached hydrogen (secondary N) is 1. The Hall–Kier alpha value is -3.32. The van der Waals surface area contributed by atoms with Gasteiger partial charge in [-0.1, -0.05) is 6.92 Å². The number of piperidine rings is 1. The van der Waals surface area contributed by atoms with E-state index < -0.39 is 57.1 Å². The quantitative estimate of drug-likeness (QED) is 0.285. The summed E-state index contributed by atoms with van der Waals surface area (Å²) in [5.41, 5.74) is -0.158. The lowest BCUT2D eigenvalue weighted by molar-refractivity contribution is -0.137. The number of nitrogens with zero attached hydrogens (tertiary/aromatic N) is 4. The summed E-state index contributed by atoms with van der Waals surface area (Å²) in [7, 11) is 2.01. The van der Waals surface area contributed by atoms with Gasteiger partial charge in [-0.2, -0.15) is 23.1 Å². The van der Waals surface area contributed by atoms with Crippen LogP contribution in [-0.4, -0.2) is 66.8 Å². The molecule has 3 N–H and O–H groups in total. The molecule has 4 heterocycles. The van der Waals surface area contributed by atoms with Gasteiger partial charge in [0.05, 0.1) is 23.4 Å². The number of aromatic nitrogens is 2. The van der Waals surface area contributed by atoms with Crippen LogP contribution in [0.25, 0.3) is 22.0 Å². The van der Waals surface area contributed by atoms with Gasteiger partial charge in [0.25, 0.3) is 0 Å². The first-order valence-electron chi connectivity index (χ1n) is 14.4. The van der Waals surface area contributed by atoms with Gasteiger partial charge >= 0.3 is 12.2 Å². The second kappa shape index (κ2) is 10.7. The summed E-state index contributed by atoms with van der Waals surface area (Å²) in [6.45, 7) is 6.08. The fourth-order valence-corrected chi connectivity index (χ4v) is 7.03. The molecule has 3 fully saturated rings. The number of fused-ring (bicyclic) bond motifs is 3. The minimum atomic E-state index is -5.12. The number of nitrogen functional groups attached to an aromatic ring is 1. The first kappa shape index (κ1) is 29.7. The Morgan fingerprint density at radius 2 is 1.77 bits per heavy atom. The number of halogens is 6. The summed E-state index contributed by atoms with van der Waals surface area (Å²) >= 11 is 0. The Kier molecular flexibility index (Phi) is 7.39. The molecule has 0 unspecified atom stereocenters. The average molecular weight is 609 g/mol. The number of alkyl halides is 3. The lowest BCUT2D eigenvalue weighted by atomic mass is 9.83. The SMILES string of the molecule is Cc1cc(N)c(F)c(-c2c(F)cc3c(N4C[C@H]5CC[C@@H](C4)N5)nc(OC[C@@]4(C)CCCN(C)C4)nc3c2F)c1C(F)(F)F.